The number of hydrogen-bond acceptors (Lipinski definition) is 5. The summed E-state index contributed by atoms with van der Waals surface area (Å²) < 4.78 is 21.9. The highest BCUT2D eigenvalue weighted by molar-refractivity contribution is 5.60. The van der Waals surface area contributed by atoms with Gasteiger partial charge in [-0.2, -0.15) is 0 Å². The second kappa shape index (κ2) is 7.66. The van der Waals surface area contributed by atoms with Crippen molar-refractivity contribution >= 4 is 0 Å². The lowest BCUT2D eigenvalue weighted by molar-refractivity contribution is 0.318. The number of methoxy groups -OCH3 is 4. The van der Waals surface area contributed by atoms with E-state index in [1.54, 1.807) is 28.4 Å². The van der Waals surface area contributed by atoms with Crippen LogP contribution in [0.1, 0.15) is 22.7 Å². The van der Waals surface area contributed by atoms with Crippen LogP contribution in [0, 0.1) is 0 Å². The molecular formula is C20H25NO4. The molecule has 5 nitrogen and oxygen atoms in total. The fourth-order valence-corrected chi connectivity index (χ4v) is 3.46. The summed E-state index contributed by atoms with van der Waals surface area (Å²) in [6.45, 7) is 0.902. The van der Waals surface area contributed by atoms with E-state index in [1.165, 1.54) is 16.7 Å². The van der Waals surface area contributed by atoms with Crippen LogP contribution in [0.5, 0.6) is 23.0 Å². The maximum absolute atomic E-state index is 5.66. The molecule has 0 saturated heterocycles. The van der Waals surface area contributed by atoms with Crippen molar-refractivity contribution in [3.63, 3.8) is 0 Å². The van der Waals surface area contributed by atoms with Gasteiger partial charge in [0.15, 0.2) is 11.5 Å². The van der Waals surface area contributed by atoms with Crippen LogP contribution in [0.4, 0.5) is 0 Å². The molecule has 1 aliphatic heterocycles. The van der Waals surface area contributed by atoms with Gasteiger partial charge in [-0.1, -0.05) is 12.1 Å². The van der Waals surface area contributed by atoms with Crippen molar-refractivity contribution in [1.82, 2.24) is 5.32 Å². The molecule has 0 bridgehead atoms. The van der Waals surface area contributed by atoms with Crippen molar-refractivity contribution < 1.29 is 18.9 Å². The molecule has 134 valence electrons. The molecule has 0 aliphatic carbocycles. The highest BCUT2D eigenvalue weighted by Crippen LogP contribution is 2.45. The van der Waals surface area contributed by atoms with E-state index in [-0.39, 0.29) is 6.04 Å². The lowest BCUT2D eigenvalue weighted by atomic mass is 9.89. The summed E-state index contributed by atoms with van der Waals surface area (Å²) in [5, 5.41) is 3.61. The van der Waals surface area contributed by atoms with Gasteiger partial charge >= 0.3 is 0 Å². The Bertz CT molecular complexity index is 727. The zero-order valence-corrected chi connectivity index (χ0v) is 15.2. The van der Waals surface area contributed by atoms with Gasteiger partial charge in [0.2, 0.25) is 5.75 Å². The number of benzene rings is 2. The van der Waals surface area contributed by atoms with E-state index in [9.17, 15) is 0 Å². The largest absolute Gasteiger partial charge is 0.497 e. The molecule has 1 aliphatic rings. The Labute approximate surface area is 148 Å². The average Bonchev–Trinajstić information content (AvgIpc) is 2.67. The van der Waals surface area contributed by atoms with Crippen LogP contribution >= 0.6 is 0 Å². The van der Waals surface area contributed by atoms with Crippen LogP contribution in [-0.4, -0.2) is 35.0 Å². The molecule has 2 aromatic rings. The fraction of sp³-hybridized carbons (Fsp3) is 0.400. The van der Waals surface area contributed by atoms with Crippen LogP contribution in [-0.2, 0) is 12.8 Å². The van der Waals surface area contributed by atoms with Crippen molar-refractivity contribution in [1.29, 1.82) is 0 Å². The van der Waals surface area contributed by atoms with Gasteiger partial charge in [-0.25, -0.2) is 0 Å². The van der Waals surface area contributed by atoms with Crippen molar-refractivity contribution in [2.75, 3.05) is 35.0 Å². The van der Waals surface area contributed by atoms with Gasteiger partial charge in [-0.15, -0.1) is 0 Å². The number of rotatable bonds is 6. The predicted molar refractivity (Wildman–Crippen MR) is 97.2 cm³/mol. The Kier molecular flexibility index (Phi) is 5.34. The van der Waals surface area contributed by atoms with Crippen LogP contribution in [0.15, 0.2) is 30.3 Å². The van der Waals surface area contributed by atoms with Crippen molar-refractivity contribution in [2.24, 2.45) is 0 Å². The van der Waals surface area contributed by atoms with Crippen LogP contribution in [0.25, 0.3) is 0 Å². The van der Waals surface area contributed by atoms with Gasteiger partial charge in [0.25, 0.3) is 0 Å². The van der Waals surface area contributed by atoms with Gasteiger partial charge in [-0.3, -0.25) is 0 Å². The van der Waals surface area contributed by atoms with Gasteiger partial charge in [0.1, 0.15) is 5.75 Å². The Morgan fingerprint density at radius 3 is 2.24 bits per heavy atom. The van der Waals surface area contributed by atoms with E-state index in [0.29, 0.717) is 11.5 Å². The van der Waals surface area contributed by atoms with Crippen LogP contribution in [0.3, 0.4) is 0 Å². The standard InChI is InChI=1S/C20H25NO4/c1-22-14-7-5-13(6-8-14)11-17-16-12-18(23-2)20(25-4)19(24-3)15(16)9-10-21-17/h5-8,12,17,21H,9-11H2,1-4H3/t17-/m0/s1. The molecule has 25 heavy (non-hydrogen) atoms. The molecule has 0 radical (unpaired) electrons. The monoisotopic (exact) mass is 343 g/mol. The predicted octanol–water partition coefficient (Wildman–Crippen LogP) is 3.15. The minimum Gasteiger partial charge on any atom is -0.497 e. The van der Waals surface area contributed by atoms with Crippen molar-refractivity contribution in [3.8, 4) is 23.0 Å². The minimum atomic E-state index is 0.200. The Morgan fingerprint density at radius 1 is 0.920 bits per heavy atom. The zero-order valence-electron chi connectivity index (χ0n) is 15.2. The highest BCUT2D eigenvalue weighted by Gasteiger charge is 2.27. The summed E-state index contributed by atoms with van der Waals surface area (Å²) in [6.07, 6.45) is 1.79. The molecule has 1 atom stereocenters. The second-order valence-electron chi connectivity index (χ2n) is 6.02. The van der Waals surface area contributed by atoms with Crippen molar-refractivity contribution in [3.05, 3.63) is 47.0 Å². The molecule has 0 unspecified atom stereocenters. The first-order valence-electron chi connectivity index (χ1n) is 8.39. The first-order chi connectivity index (χ1) is 12.2. The normalized spacial score (nSPS) is 16.1. The summed E-state index contributed by atoms with van der Waals surface area (Å²) in [7, 11) is 6.65. The third kappa shape index (κ3) is 3.37. The topological polar surface area (TPSA) is 49.0 Å². The van der Waals surface area contributed by atoms with Crippen LogP contribution in [0.2, 0.25) is 0 Å². The van der Waals surface area contributed by atoms with E-state index < -0.39 is 0 Å². The zero-order chi connectivity index (χ0) is 17.8. The lowest BCUT2D eigenvalue weighted by Crippen LogP contribution is -2.31. The minimum absolute atomic E-state index is 0.200. The van der Waals surface area contributed by atoms with Gasteiger partial charge in [0, 0.05) is 11.6 Å². The molecule has 0 amide bonds. The van der Waals surface area contributed by atoms with E-state index in [0.717, 1.165) is 30.9 Å². The molecule has 5 heteroatoms. The molecule has 3 rings (SSSR count). The number of fused-ring (bicyclic) bond motifs is 1. The summed E-state index contributed by atoms with van der Waals surface area (Å²) in [4.78, 5) is 0. The van der Waals surface area contributed by atoms with E-state index >= 15 is 0 Å². The highest BCUT2D eigenvalue weighted by atomic mass is 16.5. The van der Waals surface area contributed by atoms with Gasteiger partial charge in [0.05, 0.1) is 28.4 Å². The van der Waals surface area contributed by atoms with E-state index in [4.69, 9.17) is 18.9 Å². The maximum atomic E-state index is 5.66. The third-order valence-corrected chi connectivity index (χ3v) is 4.71. The SMILES string of the molecule is COc1ccc(C[C@@H]2NCCc3c2cc(OC)c(OC)c3OC)cc1. The Morgan fingerprint density at radius 2 is 1.64 bits per heavy atom. The average molecular weight is 343 g/mol. The van der Waals surface area contributed by atoms with Gasteiger partial charge in [-0.05, 0) is 48.7 Å². The molecule has 0 fully saturated rings. The summed E-state index contributed by atoms with van der Waals surface area (Å²) >= 11 is 0. The molecule has 0 aromatic heterocycles. The Hall–Kier alpha value is -2.40. The molecule has 0 saturated carbocycles. The summed E-state index contributed by atoms with van der Waals surface area (Å²) in [5.41, 5.74) is 3.65. The Balaban J connectivity index is 1.97. The summed E-state index contributed by atoms with van der Waals surface area (Å²) in [6, 6.07) is 10.5. The summed E-state index contributed by atoms with van der Waals surface area (Å²) in [5.74, 6) is 3.00. The first-order valence-corrected chi connectivity index (χ1v) is 8.39. The fourth-order valence-electron chi connectivity index (χ4n) is 3.46. The number of ether oxygens (including phenoxy) is 4. The lowest BCUT2D eigenvalue weighted by Gasteiger charge is -2.30. The van der Waals surface area contributed by atoms with E-state index in [2.05, 4.69) is 23.5 Å². The molecule has 1 heterocycles. The maximum Gasteiger partial charge on any atom is 0.203 e. The number of nitrogens with one attached hydrogen (secondary N) is 1. The van der Waals surface area contributed by atoms with E-state index in [1.807, 2.05) is 12.1 Å². The third-order valence-electron chi connectivity index (χ3n) is 4.71. The molecular weight excluding hydrogens is 318 g/mol. The molecule has 0 spiro atoms. The molecule has 1 N–H and O–H groups in total. The first kappa shape index (κ1) is 17.4. The van der Waals surface area contributed by atoms with Crippen LogP contribution < -0.4 is 24.3 Å². The van der Waals surface area contributed by atoms with Gasteiger partial charge < -0.3 is 24.3 Å². The second-order valence-corrected chi connectivity index (χ2v) is 6.02. The molecule has 2 aromatic carbocycles. The van der Waals surface area contributed by atoms with Crippen molar-refractivity contribution in [2.45, 2.75) is 18.9 Å². The number of hydrogen-bond donors (Lipinski definition) is 1. The quantitative estimate of drug-likeness (QED) is 0.873. The smallest absolute Gasteiger partial charge is 0.203 e.